The van der Waals surface area contributed by atoms with Gasteiger partial charge in [0.1, 0.15) is 29.9 Å². The van der Waals surface area contributed by atoms with Crippen molar-refractivity contribution in [3.63, 3.8) is 0 Å². The molecule has 0 saturated carbocycles. The maximum Gasteiger partial charge on any atom is 0.245 e. The molecule has 0 unspecified atom stereocenters. The van der Waals surface area contributed by atoms with E-state index >= 15 is 0 Å². The van der Waals surface area contributed by atoms with E-state index < -0.39 is 72.5 Å². The van der Waals surface area contributed by atoms with Crippen molar-refractivity contribution >= 4 is 29.5 Å². The molecule has 51 heavy (non-hydrogen) atoms. The maximum atomic E-state index is 13.5. The zero-order valence-corrected chi connectivity index (χ0v) is 30.9. The lowest BCUT2D eigenvalue weighted by atomic mass is 10.0. The molecule has 0 heterocycles. The van der Waals surface area contributed by atoms with Crippen molar-refractivity contribution in [3.05, 3.63) is 29.8 Å². The number of phenolic OH excluding ortho intramolecular Hbond substituents is 1. The highest BCUT2D eigenvalue weighted by Gasteiger charge is 2.33. The number of likely N-dealkylation sites (N-methyl/N-ethyl adjacent to an activating group) is 1. The van der Waals surface area contributed by atoms with E-state index in [1.165, 1.54) is 103 Å². The number of carbonyl (C=O) groups is 5. The Kier molecular flexibility index (Phi) is 23.2. The van der Waals surface area contributed by atoms with Crippen LogP contribution in [0.15, 0.2) is 24.3 Å². The Bertz CT molecular complexity index is 1180. The van der Waals surface area contributed by atoms with Crippen LogP contribution in [-0.4, -0.2) is 100.0 Å². The van der Waals surface area contributed by atoms with Gasteiger partial charge < -0.3 is 47.0 Å². The maximum absolute atomic E-state index is 13.5. The van der Waals surface area contributed by atoms with Gasteiger partial charge in [0, 0.05) is 19.9 Å². The van der Waals surface area contributed by atoms with Crippen LogP contribution >= 0.6 is 0 Å². The van der Waals surface area contributed by atoms with Crippen molar-refractivity contribution in [2.24, 2.45) is 0 Å². The van der Waals surface area contributed by atoms with Crippen LogP contribution in [0.3, 0.4) is 0 Å². The fraction of sp³-hybridized carbons (Fsp3) is 0.703. The number of unbranched alkanes of at least 4 members (excludes halogenated alkanes) is 12. The molecule has 0 aliphatic carbocycles. The molecule has 0 spiro atoms. The van der Waals surface area contributed by atoms with Gasteiger partial charge in [-0.1, -0.05) is 96.1 Å². The van der Waals surface area contributed by atoms with Gasteiger partial charge in [-0.05, 0) is 38.0 Å². The Morgan fingerprint density at radius 2 is 1.06 bits per heavy atom. The molecule has 14 nitrogen and oxygen atoms in total. The van der Waals surface area contributed by atoms with Gasteiger partial charge >= 0.3 is 0 Å². The third-order valence-electron chi connectivity index (χ3n) is 8.72. The first-order chi connectivity index (χ1) is 24.3. The predicted molar refractivity (Wildman–Crippen MR) is 194 cm³/mol. The standard InChI is InChI=1S/C37H63N5O9/c1-5-6-7-8-9-10-11-12-13-14-15-16-17-18-31(47)41-33(26(3)45)37(51)39-29(23-27-19-21-28(46)22-20-27)34(48)40-30(24-43)35(49)42-32(25(2)44)36(50)38-4/h19-22,25-26,29-30,32-33,43-46H,5-18,23-24H2,1-4H3,(H,38,50)(H,39,51)(H,40,48)(H,41,47)(H,42,49)/t25-,26-,29+,30+,32+,33+/m1/s1. The molecule has 1 aromatic carbocycles. The van der Waals surface area contributed by atoms with E-state index in [0.29, 0.717) is 12.0 Å². The van der Waals surface area contributed by atoms with Crippen LogP contribution in [0.2, 0.25) is 0 Å². The molecule has 1 aromatic rings. The van der Waals surface area contributed by atoms with Crippen molar-refractivity contribution in [2.45, 2.75) is 153 Å². The highest BCUT2D eigenvalue weighted by atomic mass is 16.3. The van der Waals surface area contributed by atoms with E-state index in [1.54, 1.807) is 0 Å². The number of phenols is 1. The van der Waals surface area contributed by atoms with Gasteiger partial charge in [0.15, 0.2) is 0 Å². The number of rotatable bonds is 27. The SMILES string of the molecule is CCCCCCCCCCCCCCCC(=O)N[C@H](C(=O)N[C@@H](Cc1ccc(O)cc1)C(=O)N[C@@H](CO)C(=O)N[C@H](C(=O)NC)[C@@H](C)O)[C@@H](C)O. The van der Waals surface area contributed by atoms with Crippen LogP contribution in [-0.2, 0) is 30.4 Å². The Hall–Kier alpha value is -3.75. The van der Waals surface area contributed by atoms with Crippen LogP contribution < -0.4 is 26.6 Å². The lowest BCUT2D eigenvalue weighted by molar-refractivity contribution is -0.136. The van der Waals surface area contributed by atoms with Crippen molar-refractivity contribution in [3.8, 4) is 5.75 Å². The highest BCUT2D eigenvalue weighted by Crippen LogP contribution is 2.14. The summed E-state index contributed by atoms with van der Waals surface area (Å²) in [6, 6.07) is 0.170. The molecule has 1 rings (SSSR count). The molecule has 6 atom stereocenters. The number of carbonyl (C=O) groups excluding carboxylic acids is 5. The van der Waals surface area contributed by atoms with Gasteiger partial charge in [0.25, 0.3) is 0 Å². The molecular formula is C37H63N5O9. The quantitative estimate of drug-likeness (QED) is 0.0604. The molecule has 5 amide bonds. The fourth-order valence-electron chi connectivity index (χ4n) is 5.57. The Balaban J connectivity index is 2.78. The average molecular weight is 722 g/mol. The molecule has 0 saturated heterocycles. The Labute approximate surface area is 302 Å². The van der Waals surface area contributed by atoms with Crippen LogP contribution in [0, 0.1) is 0 Å². The first-order valence-corrected chi connectivity index (χ1v) is 18.5. The lowest BCUT2D eigenvalue weighted by Gasteiger charge is -2.27. The second-order valence-electron chi connectivity index (χ2n) is 13.3. The summed E-state index contributed by atoms with van der Waals surface area (Å²) in [6.45, 7) is 3.97. The summed E-state index contributed by atoms with van der Waals surface area (Å²) >= 11 is 0. The van der Waals surface area contributed by atoms with Crippen molar-refractivity contribution in [2.75, 3.05) is 13.7 Å². The van der Waals surface area contributed by atoms with Gasteiger partial charge in [-0.25, -0.2) is 0 Å². The minimum atomic E-state index is -1.56. The average Bonchev–Trinajstić information content (AvgIpc) is 3.10. The van der Waals surface area contributed by atoms with Gasteiger partial charge in [0.2, 0.25) is 29.5 Å². The highest BCUT2D eigenvalue weighted by molar-refractivity contribution is 5.96. The first kappa shape index (κ1) is 45.3. The van der Waals surface area contributed by atoms with Crippen LogP contribution in [0.5, 0.6) is 5.75 Å². The van der Waals surface area contributed by atoms with Crippen LogP contribution in [0.1, 0.15) is 116 Å². The van der Waals surface area contributed by atoms with Crippen LogP contribution in [0.4, 0.5) is 0 Å². The largest absolute Gasteiger partial charge is 0.508 e. The van der Waals surface area contributed by atoms with E-state index in [2.05, 4.69) is 33.5 Å². The number of aliphatic hydroxyl groups excluding tert-OH is 3. The molecule has 0 fully saturated rings. The van der Waals surface area contributed by atoms with Gasteiger partial charge in [-0.15, -0.1) is 0 Å². The smallest absolute Gasteiger partial charge is 0.245 e. The monoisotopic (exact) mass is 721 g/mol. The number of hydrogen-bond acceptors (Lipinski definition) is 9. The summed E-state index contributed by atoms with van der Waals surface area (Å²) in [7, 11) is 1.31. The van der Waals surface area contributed by atoms with Gasteiger partial charge in [-0.2, -0.15) is 0 Å². The summed E-state index contributed by atoms with van der Waals surface area (Å²) in [6.07, 6.45) is 12.5. The number of hydrogen-bond donors (Lipinski definition) is 9. The molecule has 0 radical (unpaired) electrons. The number of nitrogens with one attached hydrogen (secondary N) is 5. The minimum Gasteiger partial charge on any atom is -0.508 e. The Morgan fingerprint density at radius 3 is 1.53 bits per heavy atom. The minimum absolute atomic E-state index is 0.0232. The summed E-state index contributed by atoms with van der Waals surface area (Å²) in [5.41, 5.74) is 0.520. The summed E-state index contributed by atoms with van der Waals surface area (Å²) in [5.74, 6) is -3.83. The Morgan fingerprint density at radius 1 is 0.608 bits per heavy atom. The van der Waals surface area contributed by atoms with E-state index in [4.69, 9.17) is 0 Å². The third kappa shape index (κ3) is 18.9. The zero-order valence-electron chi connectivity index (χ0n) is 30.9. The molecule has 9 N–H and O–H groups in total. The molecule has 0 aliphatic heterocycles. The lowest BCUT2D eigenvalue weighted by Crippen LogP contribution is -2.61. The van der Waals surface area contributed by atoms with Crippen molar-refractivity contribution in [1.82, 2.24) is 26.6 Å². The van der Waals surface area contributed by atoms with E-state index in [1.807, 2.05) is 0 Å². The van der Waals surface area contributed by atoms with E-state index in [9.17, 15) is 44.4 Å². The predicted octanol–water partition coefficient (Wildman–Crippen LogP) is 1.86. The van der Waals surface area contributed by atoms with Crippen molar-refractivity contribution in [1.29, 1.82) is 0 Å². The number of aromatic hydroxyl groups is 1. The summed E-state index contributed by atoms with van der Waals surface area (Å²) in [4.78, 5) is 64.5. The first-order valence-electron chi connectivity index (χ1n) is 18.5. The normalized spacial score (nSPS) is 14.6. The topological polar surface area (TPSA) is 226 Å². The number of aliphatic hydroxyl groups is 3. The second kappa shape index (κ2) is 26.1. The molecule has 14 heteroatoms. The van der Waals surface area contributed by atoms with E-state index in [-0.39, 0.29) is 18.6 Å². The van der Waals surface area contributed by atoms with Gasteiger partial charge in [0.05, 0.1) is 18.8 Å². The molecule has 0 aliphatic rings. The van der Waals surface area contributed by atoms with Crippen molar-refractivity contribution < 1.29 is 44.4 Å². The number of benzene rings is 1. The summed E-state index contributed by atoms with van der Waals surface area (Å²) < 4.78 is 0. The molecule has 0 aromatic heterocycles. The summed E-state index contributed by atoms with van der Waals surface area (Å²) in [5, 5.41) is 51.9. The third-order valence-corrected chi connectivity index (χ3v) is 8.72. The molecule has 290 valence electrons. The van der Waals surface area contributed by atoms with Crippen LogP contribution in [0.25, 0.3) is 0 Å². The second-order valence-corrected chi connectivity index (χ2v) is 13.3. The van der Waals surface area contributed by atoms with Gasteiger partial charge in [-0.3, -0.25) is 24.0 Å². The molecule has 0 bridgehead atoms. The number of amides is 5. The molecular weight excluding hydrogens is 658 g/mol. The zero-order chi connectivity index (χ0) is 38.2. The van der Waals surface area contributed by atoms with E-state index in [0.717, 1.165) is 19.3 Å². The fourth-order valence-corrected chi connectivity index (χ4v) is 5.57.